The van der Waals surface area contributed by atoms with Crippen LogP contribution >= 0.6 is 0 Å². The summed E-state index contributed by atoms with van der Waals surface area (Å²) in [7, 11) is 0. The molecule has 1 aromatic heterocycles. The summed E-state index contributed by atoms with van der Waals surface area (Å²) in [6.07, 6.45) is 2.95. The SMILES string of the molecule is CCCN(Cc1cc(NN)ccn1)C(C)C. The number of nitrogens with two attached hydrogens (primary N) is 1. The van der Waals surface area contributed by atoms with Crippen molar-refractivity contribution in [1.29, 1.82) is 0 Å². The van der Waals surface area contributed by atoms with Gasteiger partial charge in [0.25, 0.3) is 0 Å². The molecule has 0 saturated carbocycles. The van der Waals surface area contributed by atoms with E-state index in [2.05, 4.69) is 36.1 Å². The van der Waals surface area contributed by atoms with E-state index in [1.807, 2.05) is 12.1 Å². The first kappa shape index (κ1) is 12.9. The van der Waals surface area contributed by atoms with Gasteiger partial charge in [-0.3, -0.25) is 15.7 Å². The predicted octanol–water partition coefficient (Wildman–Crippen LogP) is 1.99. The van der Waals surface area contributed by atoms with Crippen molar-refractivity contribution in [3.63, 3.8) is 0 Å². The van der Waals surface area contributed by atoms with Gasteiger partial charge in [0, 0.05) is 18.8 Å². The molecule has 0 unspecified atom stereocenters. The second-order valence-corrected chi connectivity index (χ2v) is 4.24. The van der Waals surface area contributed by atoms with E-state index in [-0.39, 0.29) is 0 Å². The van der Waals surface area contributed by atoms with Crippen molar-refractivity contribution in [2.45, 2.75) is 39.8 Å². The molecule has 0 aromatic carbocycles. The zero-order chi connectivity index (χ0) is 12.0. The second-order valence-electron chi connectivity index (χ2n) is 4.24. The first-order chi connectivity index (χ1) is 7.67. The number of hydrogen-bond donors (Lipinski definition) is 2. The molecule has 0 aliphatic rings. The molecular formula is C12H22N4. The summed E-state index contributed by atoms with van der Waals surface area (Å²) >= 11 is 0. The Morgan fingerprint density at radius 3 is 2.81 bits per heavy atom. The van der Waals surface area contributed by atoms with Gasteiger partial charge in [0.1, 0.15) is 0 Å². The molecule has 1 aromatic rings. The standard InChI is InChI=1S/C12H22N4/c1-4-7-16(10(2)3)9-12-8-11(15-13)5-6-14-12/h5-6,8,10H,4,7,9,13H2,1-3H3,(H,14,15). The van der Waals surface area contributed by atoms with Gasteiger partial charge < -0.3 is 5.43 Å². The molecule has 16 heavy (non-hydrogen) atoms. The number of aromatic nitrogens is 1. The number of hydrazine groups is 1. The van der Waals surface area contributed by atoms with Crippen molar-refractivity contribution < 1.29 is 0 Å². The van der Waals surface area contributed by atoms with Crippen molar-refractivity contribution >= 4 is 5.69 Å². The lowest BCUT2D eigenvalue weighted by Crippen LogP contribution is -2.31. The normalized spacial score (nSPS) is 11.1. The fourth-order valence-electron chi connectivity index (χ4n) is 1.67. The maximum Gasteiger partial charge on any atom is 0.0565 e. The van der Waals surface area contributed by atoms with Gasteiger partial charge in [-0.25, -0.2) is 0 Å². The molecule has 0 aliphatic heterocycles. The number of nitrogens with one attached hydrogen (secondary N) is 1. The topological polar surface area (TPSA) is 54.2 Å². The van der Waals surface area contributed by atoms with Crippen LogP contribution in [0.25, 0.3) is 0 Å². The second kappa shape index (κ2) is 6.45. The molecule has 0 spiro atoms. The van der Waals surface area contributed by atoms with Crippen molar-refractivity contribution in [3.05, 3.63) is 24.0 Å². The van der Waals surface area contributed by atoms with Crippen molar-refractivity contribution in [1.82, 2.24) is 9.88 Å². The summed E-state index contributed by atoms with van der Waals surface area (Å²) in [6.45, 7) is 8.59. The summed E-state index contributed by atoms with van der Waals surface area (Å²) in [5.41, 5.74) is 4.60. The first-order valence-electron chi connectivity index (χ1n) is 5.83. The minimum Gasteiger partial charge on any atom is -0.324 e. The Labute approximate surface area is 97.8 Å². The Bertz CT molecular complexity index is 312. The summed E-state index contributed by atoms with van der Waals surface area (Å²) in [5, 5.41) is 0. The Hall–Kier alpha value is -1.13. The van der Waals surface area contributed by atoms with Crippen LogP contribution in [-0.4, -0.2) is 22.5 Å². The predicted molar refractivity (Wildman–Crippen MR) is 67.9 cm³/mol. The zero-order valence-corrected chi connectivity index (χ0v) is 10.4. The van der Waals surface area contributed by atoms with Gasteiger partial charge >= 0.3 is 0 Å². The number of pyridine rings is 1. The van der Waals surface area contributed by atoms with E-state index in [1.54, 1.807) is 6.20 Å². The van der Waals surface area contributed by atoms with Crippen LogP contribution in [-0.2, 0) is 6.54 Å². The monoisotopic (exact) mass is 222 g/mol. The highest BCUT2D eigenvalue weighted by atomic mass is 15.2. The van der Waals surface area contributed by atoms with Crippen LogP contribution < -0.4 is 11.3 Å². The van der Waals surface area contributed by atoms with Crippen LogP contribution in [0.15, 0.2) is 18.3 Å². The van der Waals surface area contributed by atoms with Crippen molar-refractivity contribution in [2.24, 2.45) is 5.84 Å². The highest BCUT2D eigenvalue weighted by molar-refractivity contribution is 5.41. The molecule has 3 N–H and O–H groups in total. The highest BCUT2D eigenvalue weighted by Crippen LogP contribution is 2.11. The maximum absolute atomic E-state index is 5.38. The number of rotatable bonds is 6. The fraction of sp³-hybridized carbons (Fsp3) is 0.583. The summed E-state index contributed by atoms with van der Waals surface area (Å²) in [5.74, 6) is 5.38. The average Bonchev–Trinajstić information content (AvgIpc) is 2.28. The van der Waals surface area contributed by atoms with Gasteiger partial charge in [-0.15, -0.1) is 0 Å². The van der Waals surface area contributed by atoms with Crippen molar-refractivity contribution in [3.8, 4) is 0 Å². The Balaban J connectivity index is 2.68. The van der Waals surface area contributed by atoms with Crippen LogP contribution in [0, 0.1) is 0 Å². The number of nitrogen functional groups attached to an aromatic ring is 1. The van der Waals surface area contributed by atoms with Gasteiger partial charge in [0.2, 0.25) is 0 Å². The molecular weight excluding hydrogens is 200 g/mol. The summed E-state index contributed by atoms with van der Waals surface area (Å²) < 4.78 is 0. The lowest BCUT2D eigenvalue weighted by molar-refractivity contribution is 0.211. The largest absolute Gasteiger partial charge is 0.324 e. The van der Waals surface area contributed by atoms with Gasteiger partial charge in [-0.05, 0) is 38.9 Å². The van der Waals surface area contributed by atoms with E-state index in [1.165, 1.54) is 0 Å². The van der Waals surface area contributed by atoms with Crippen LogP contribution in [0.2, 0.25) is 0 Å². The highest BCUT2D eigenvalue weighted by Gasteiger charge is 2.09. The van der Waals surface area contributed by atoms with Crippen LogP contribution in [0.5, 0.6) is 0 Å². The van der Waals surface area contributed by atoms with Gasteiger partial charge in [-0.1, -0.05) is 6.92 Å². The number of nitrogens with zero attached hydrogens (tertiary/aromatic N) is 2. The minimum atomic E-state index is 0.538. The molecule has 0 fully saturated rings. The van der Waals surface area contributed by atoms with E-state index in [9.17, 15) is 0 Å². The molecule has 0 atom stereocenters. The molecule has 0 bridgehead atoms. The summed E-state index contributed by atoms with van der Waals surface area (Å²) in [6, 6.07) is 4.39. The molecule has 0 aliphatic carbocycles. The van der Waals surface area contributed by atoms with E-state index in [0.29, 0.717) is 6.04 Å². The fourth-order valence-corrected chi connectivity index (χ4v) is 1.67. The lowest BCUT2D eigenvalue weighted by Gasteiger charge is -2.25. The number of hydrogen-bond acceptors (Lipinski definition) is 4. The molecule has 0 radical (unpaired) electrons. The van der Waals surface area contributed by atoms with Crippen LogP contribution in [0.4, 0.5) is 5.69 Å². The molecule has 4 heteroatoms. The van der Waals surface area contributed by atoms with Gasteiger partial charge in [0.05, 0.1) is 11.4 Å². The Morgan fingerprint density at radius 2 is 2.25 bits per heavy atom. The van der Waals surface area contributed by atoms with Gasteiger partial charge in [0.15, 0.2) is 0 Å². The van der Waals surface area contributed by atoms with Crippen LogP contribution in [0.3, 0.4) is 0 Å². The van der Waals surface area contributed by atoms with E-state index in [0.717, 1.165) is 30.9 Å². The zero-order valence-electron chi connectivity index (χ0n) is 10.4. The maximum atomic E-state index is 5.38. The third-order valence-electron chi connectivity index (χ3n) is 2.59. The van der Waals surface area contributed by atoms with E-state index < -0.39 is 0 Å². The molecule has 0 amide bonds. The molecule has 1 rings (SSSR count). The minimum absolute atomic E-state index is 0.538. The molecule has 0 saturated heterocycles. The van der Waals surface area contributed by atoms with Gasteiger partial charge in [-0.2, -0.15) is 0 Å². The molecule has 1 heterocycles. The average molecular weight is 222 g/mol. The van der Waals surface area contributed by atoms with E-state index in [4.69, 9.17) is 5.84 Å². The Kier molecular flexibility index (Phi) is 5.22. The molecule has 90 valence electrons. The third-order valence-corrected chi connectivity index (χ3v) is 2.59. The smallest absolute Gasteiger partial charge is 0.0565 e. The Morgan fingerprint density at radius 1 is 1.50 bits per heavy atom. The first-order valence-corrected chi connectivity index (χ1v) is 5.83. The van der Waals surface area contributed by atoms with Crippen LogP contribution in [0.1, 0.15) is 32.9 Å². The summed E-state index contributed by atoms with van der Waals surface area (Å²) in [4.78, 5) is 6.76. The van der Waals surface area contributed by atoms with E-state index >= 15 is 0 Å². The third kappa shape index (κ3) is 3.79. The molecule has 4 nitrogen and oxygen atoms in total. The van der Waals surface area contributed by atoms with Crippen molar-refractivity contribution in [2.75, 3.05) is 12.0 Å². The number of anilines is 1. The quantitative estimate of drug-likeness (QED) is 0.571. The lowest BCUT2D eigenvalue weighted by atomic mass is 10.2.